The molecule has 0 spiro atoms. The second-order valence-corrected chi connectivity index (χ2v) is 7.03. The molecule has 1 saturated carbocycles. The van der Waals surface area contributed by atoms with E-state index >= 15 is 0 Å². The van der Waals surface area contributed by atoms with Gasteiger partial charge in [0.05, 0.1) is 17.9 Å². The number of hydrogen-bond acceptors (Lipinski definition) is 4. The van der Waals surface area contributed by atoms with Crippen LogP contribution in [0.2, 0.25) is 0 Å². The number of aliphatic carboxylic acids is 1. The first-order valence-corrected chi connectivity index (χ1v) is 7.54. The van der Waals surface area contributed by atoms with Crippen molar-refractivity contribution in [1.29, 1.82) is 0 Å². The fraction of sp³-hybridized carbons (Fsp3) is 0.500. The van der Waals surface area contributed by atoms with Gasteiger partial charge in [-0.3, -0.25) is 9.78 Å². The van der Waals surface area contributed by atoms with E-state index in [0.29, 0.717) is 18.4 Å². The minimum absolute atomic E-state index is 0.0405. The molecular formula is C12H15NO4S. The number of carboxylic acid groups (broad SMARTS) is 1. The van der Waals surface area contributed by atoms with Gasteiger partial charge in [-0.2, -0.15) is 0 Å². The topological polar surface area (TPSA) is 84.3 Å². The summed E-state index contributed by atoms with van der Waals surface area (Å²) in [5, 5.41) is 8.77. The molecule has 0 saturated heterocycles. The van der Waals surface area contributed by atoms with Gasteiger partial charge in [0.25, 0.3) is 0 Å². The molecule has 1 aliphatic carbocycles. The van der Waals surface area contributed by atoms with Gasteiger partial charge in [0, 0.05) is 12.4 Å². The van der Waals surface area contributed by atoms with E-state index in [1.807, 2.05) is 0 Å². The zero-order chi connectivity index (χ0) is 13.2. The highest BCUT2D eigenvalue weighted by Gasteiger charge is 2.47. The normalized spacial score (nSPS) is 17.3. The summed E-state index contributed by atoms with van der Waals surface area (Å²) in [5.74, 6) is -1.03. The van der Waals surface area contributed by atoms with Crippen LogP contribution >= 0.6 is 0 Å². The van der Waals surface area contributed by atoms with Gasteiger partial charge in [-0.1, -0.05) is 6.07 Å². The smallest absolute Gasteiger partial charge is 0.303 e. The van der Waals surface area contributed by atoms with Crippen LogP contribution in [-0.2, 0) is 20.4 Å². The number of carboxylic acids is 1. The first-order valence-electron chi connectivity index (χ1n) is 5.72. The third kappa shape index (κ3) is 3.53. The molecule has 0 radical (unpaired) electrons. The summed E-state index contributed by atoms with van der Waals surface area (Å²) >= 11 is 0. The van der Waals surface area contributed by atoms with Crippen molar-refractivity contribution in [3.8, 4) is 0 Å². The monoisotopic (exact) mass is 269 g/mol. The van der Waals surface area contributed by atoms with Crippen molar-refractivity contribution < 1.29 is 18.3 Å². The second-order valence-electron chi connectivity index (χ2n) is 4.96. The second kappa shape index (κ2) is 4.68. The van der Waals surface area contributed by atoms with Crippen LogP contribution in [0.5, 0.6) is 0 Å². The van der Waals surface area contributed by atoms with E-state index in [-0.39, 0.29) is 17.9 Å². The zero-order valence-electron chi connectivity index (χ0n) is 9.87. The van der Waals surface area contributed by atoms with Crippen molar-refractivity contribution in [3.05, 3.63) is 30.1 Å². The number of pyridine rings is 1. The highest BCUT2D eigenvalue weighted by atomic mass is 32.2. The molecule has 6 heteroatoms. The Bertz CT molecular complexity index is 534. The molecule has 1 fully saturated rings. The fourth-order valence-electron chi connectivity index (χ4n) is 2.12. The predicted octanol–water partition coefficient (Wildman–Crippen LogP) is 1.25. The molecule has 0 aliphatic heterocycles. The summed E-state index contributed by atoms with van der Waals surface area (Å²) in [7, 11) is -3.28. The first-order chi connectivity index (χ1) is 8.41. The molecule has 1 N–H and O–H groups in total. The van der Waals surface area contributed by atoms with E-state index in [0.717, 1.165) is 0 Å². The molecule has 0 bridgehead atoms. The molecule has 0 aromatic carbocycles. The van der Waals surface area contributed by atoms with Crippen LogP contribution in [0, 0.1) is 5.41 Å². The molecule has 98 valence electrons. The first kappa shape index (κ1) is 13.0. The fourth-order valence-corrected chi connectivity index (χ4v) is 4.23. The van der Waals surface area contributed by atoms with Crippen LogP contribution in [0.25, 0.3) is 0 Å². The third-order valence-electron chi connectivity index (χ3n) is 3.12. The highest BCUT2D eigenvalue weighted by molar-refractivity contribution is 7.90. The average molecular weight is 269 g/mol. The number of sulfone groups is 1. The largest absolute Gasteiger partial charge is 0.481 e. The number of hydrogen-bond donors (Lipinski definition) is 1. The van der Waals surface area contributed by atoms with E-state index in [4.69, 9.17) is 5.11 Å². The summed E-state index contributed by atoms with van der Waals surface area (Å²) in [5.41, 5.74) is 0.121. The lowest BCUT2D eigenvalue weighted by atomic mass is 10.1. The molecule has 2 rings (SSSR count). The minimum Gasteiger partial charge on any atom is -0.481 e. The number of aromatic nitrogens is 1. The molecule has 0 amide bonds. The third-order valence-corrected chi connectivity index (χ3v) is 4.94. The standard InChI is InChI=1S/C12H15NO4S/c14-11(15)6-12(3-4-12)9-18(16,17)8-10-2-1-5-13-7-10/h1-2,5,7H,3-4,6,8-9H2,(H,14,15). The molecule has 18 heavy (non-hydrogen) atoms. The molecule has 5 nitrogen and oxygen atoms in total. The van der Waals surface area contributed by atoms with E-state index in [9.17, 15) is 13.2 Å². The van der Waals surface area contributed by atoms with E-state index in [2.05, 4.69) is 4.98 Å². The Morgan fingerprint density at radius 2 is 2.17 bits per heavy atom. The molecule has 0 atom stereocenters. The van der Waals surface area contributed by atoms with Gasteiger partial charge in [0.1, 0.15) is 0 Å². The predicted molar refractivity (Wildman–Crippen MR) is 65.6 cm³/mol. The lowest BCUT2D eigenvalue weighted by Crippen LogP contribution is -2.21. The van der Waals surface area contributed by atoms with Gasteiger partial charge in [-0.15, -0.1) is 0 Å². The van der Waals surface area contributed by atoms with Crippen molar-refractivity contribution in [2.24, 2.45) is 5.41 Å². The highest BCUT2D eigenvalue weighted by Crippen LogP contribution is 2.50. The van der Waals surface area contributed by atoms with Crippen molar-refractivity contribution in [1.82, 2.24) is 4.98 Å². The molecule has 1 aromatic heterocycles. The van der Waals surface area contributed by atoms with Gasteiger partial charge >= 0.3 is 5.97 Å². The lowest BCUT2D eigenvalue weighted by Gasteiger charge is -2.12. The van der Waals surface area contributed by atoms with Gasteiger partial charge in [0.15, 0.2) is 9.84 Å². The van der Waals surface area contributed by atoms with E-state index in [1.165, 1.54) is 6.20 Å². The maximum absolute atomic E-state index is 12.0. The number of rotatable bonds is 6. The summed E-state index contributed by atoms with van der Waals surface area (Å²) in [4.78, 5) is 14.6. The molecule has 1 aliphatic rings. The van der Waals surface area contributed by atoms with Crippen molar-refractivity contribution in [2.45, 2.75) is 25.0 Å². The Labute approximate surface area is 106 Å². The molecule has 0 unspecified atom stereocenters. The Morgan fingerprint density at radius 3 is 2.67 bits per heavy atom. The summed E-state index contributed by atoms with van der Waals surface area (Å²) in [6, 6.07) is 3.40. The number of carbonyl (C=O) groups is 1. The maximum atomic E-state index is 12.0. The van der Waals surface area contributed by atoms with Crippen LogP contribution < -0.4 is 0 Å². The Morgan fingerprint density at radius 1 is 1.44 bits per heavy atom. The quantitative estimate of drug-likeness (QED) is 0.840. The van der Waals surface area contributed by atoms with Crippen LogP contribution in [-0.4, -0.2) is 30.2 Å². The Hall–Kier alpha value is -1.43. The summed E-state index contributed by atoms with van der Waals surface area (Å²) in [6.45, 7) is 0. The van der Waals surface area contributed by atoms with E-state index < -0.39 is 21.2 Å². The van der Waals surface area contributed by atoms with Crippen LogP contribution in [0.15, 0.2) is 24.5 Å². The van der Waals surface area contributed by atoms with Gasteiger partial charge in [-0.05, 0) is 29.9 Å². The maximum Gasteiger partial charge on any atom is 0.303 e. The Balaban J connectivity index is 2.02. The summed E-state index contributed by atoms with van der Waals surface area (Å²) < 4.78 is 24.0. The SMILES string of the molecule is O=C(O)CC1(CS(=O)(=O)Cc2cccnc2)CC1. The molecule has 1 heterocycles. The van der Waals surface area contributed by atoms with Crippen molar-refractivity contribution >= 4 is 15.8 Å². The Kier molecular flexibility index (Phi) is 3.38. The van der Waals surface area contributed by atoms with E-state index in [1.54, 1.807) is 18.3 Å². The molecular weight excluding hydrogens is 254 g/mol. The molecule has 1 aromatic rings. The van der Waals surface area contributed by atoms with Crippen LogP contribution in [0.3, 0.4) is 0 Å². The van der Waals surface area contributed by atoms with Gasteiger partial charge in [0.2, 0.25) is 0 Å². The van der Waals surface area contributed by atoms with Crippen LogP contribution in [0.4, 0.5) is 0 Å². The summed E-state index contributed by atoms with van der Waals surface area (Å²) in [6.07, 6.45) is 4.42. The van der Waals surface area contributed by atoms with Crippen molar-refractivity contribution in [2.75, 3.05) is 5.75 Å². The zero-order valence-corrected chi connectivity index (χ0v) is 10.7. The lowest BCUT2D eigenvalue weighted by molar-refractivity contribution is -0.138. The van der Waals surface area contributed by atoms with Gasteiger partial charge < -0.3 is 5.11 Å². The van der Waals surface area contributed by atoms with Gasteiger partial charge in [-0.25, -0.2) is 8.42 Å². The minimum atomic E-state index is -3.28. The van der Waals surface area contributed by atoms with Crippen molar-refractivity contribution in [3.63, 3.8) is 0 Å². The number of nitrogens with zero attached hydrogens (tertiary/aromatic N) is 1. The average Bonchev–Trinajstić information content (AvgIpc) is 2.95. The van der Waals surface area contributed by atoms with Crippen LogP contribution in [0.1, 0.15) is 24.8 Å².